The molecule has 4 aliphatic rings. The minimum atomic E-state index is -3.37. The maximum atomic E-state index is 15.2. The van der Waals surface area contributed by atoms with E-state index in [1.165, 1.54) is 18.5 Å². The maximum Gasteiger partial charge on any atom is 0.301 e. The highest BCUT2D eigenvalue weighted by Gasteiger charge is 2.49. The summed E-state index contributed by atoms with van der Waals surface area (Å²) >= 11 is 0.950. The van der Waals surface area contributed by atoms with Crippen molar-refractivity contribution in [3.63, 3.8) is 0 Å². The van der Waals surface area contributed by atoms with Crippen LogP contribution in [0.1, 0.15) is 12.0 Å². The Kier molecular flexibility index (Phi) is 8.99. The molecule has 16 heteroatoms. The summed E-state index contributed by atoms with van der Waals surface area (Å²) in [5, 5.41) is 15.2. The number of hydrogen-bond acceptors (Lipinski definition) is 12. The van der Waals surface area contributed by atoms with Crippen molar-refractivity contribution in [3.8, 4) is 23.2 Å². The Morgan fingerprint density at radius 3 is 2.56 bits per heavy atom. The second-order valence-corrected chi connectivity index (χ2v) is 13.0. The Labute approximate surface area is 279 Å². The number of halogens is 2. The number of nitriles is 1. The predicted molar refractivity (Wildman–Crippen MR) is 173 cm³/mol. The SMILES string of the molecule is N#Cc1cc(-c2ncnc(Nc3ccc(N4CCN(C5COC5)CC4)cc3)n2)ccc1O[C@H]1CCN(C(=O)[C@@H]2CSC(=O)N2)CC1(F)F. The van der Waals surface area contributed by atoms with Crippen LogP contribution >= 0.6 is 11.8 Å². The Morgan fingerprint density at radius 1 is 1.10 bits per heavy atom. The Hall–Kier alpha value is -4.59. The number of nitrogens with one attached hydrogen (secondary N) is 2. The lowest BCUT2D eigenvalue weighted by atomic mass is 10.0. The van der Waals surface area contributed by atoms with Crippen molar-refractivity contribution in [3.05, 3.63) is 54.4 Å². The molecule has 48 heavy (non-hydrogen) atoms. The minimum absolute atomic E-state index is 0.00359. The van der Waals surface area contributed by atoms with Gasteiger partial charge in [0.1, 0.15) is 24.2 Å². The van der Waals surface area contributed by atoms with Gasteiger partial charge in [-0.1, -0.05) is 11.8 Å². The molecule has 1 aromatic heterocycles. The average Bonchev–Trinajstić information content (AvgIpc) is 3.51. The van der Waals surface area contributed by atoms with Crippen LogP contribution in [0.5, 0.6) is 5.75 Å². The topological polar surface area (TPSA) is 149 Å². The summed E-state index contributed by atoms with van der Waals surface area (Å²) in [6.45, 7) is 4.79. The van der Waals surface area contributed by atoms with Gasteiger partial charge in [0, 0.05) is 61.8 Å². The third-order valence-corrected chi connectivity index (χ3v) is 9.84. The van der Waals surface area contributed by atoms with Crippen LogP contribution < -0.4 is 20.3 Å². The van der Waals surface area contributed by atoms with Gasteiger partial charge in [-0.05, 0) is 42.5 Å². The molecule has 0 unspecified atom stereocenters. The standard InChI is InChI=1S/C32H33F2N9O4S/c33-32(34)18-43(29(44)25-17-48-31(45)39-25)8-7-27(32)47-26-6-1-20(13-21(26)14-35)28-36-19-37-30(40-28)38-22-2-4-23(5-3-22)41-9-11-42(12-10-41)24-15-46-16-24/h1-6,13,19,24-25,27H,7-12,15-18H2,(H,39,45)(H,36,37,38,40)/t25-,27-/m0/s1. The van der Waals surface area contributed by atoms with Crippen LogP contribution in [0.15, 0.2) is 48.8 Å². The summed E-state index contributed by atoms with van der Waals surface area (Å²) in [5.41, 5.74) is 2.46. The summed E-state index contributed by atoms with van der Waals surface area (Å²) in [7, 11) is 0. The molecule has 0 spiro atoms. The largest absolute Gasteiger partial charge is 0.483 e. The van der Waals surface area contributed by atoms with E-state index in [1.807, 2.05) is 18.2 Å². The molecule has 4 fully saturated rings. The number of amides is 2. The molecule has 0 aliphatic carbocycles. The Morgan fingerprint density at radius 2 is 1.90 bits per heavy atom. The highest BCUT2D eigenvalue weighted by Crippen LogP contribution is 2.34. The van der Waals surface area contributed by atoms with Crippen molar-refractivity contribution in [2.24, 2.45) is 0 Å². The van der Waals surface area contributed by atoms with E-state index in [4.69, 9.17) is 9.47 Å². The molecule has 0 bridgehead atoms. The first-order valence-corrected chi connectivity index (χ1v) is 16.7. The molecule has 2 aromatic carbocycles. The van der Waals surface area contributed by atoms with Crippen LogP contribution in [0.4, 0.5) is 30.9 Å². The molecule has 5 heterocycles. The van der Waals surface area contributed by atoms with Gasteiger partial charge >= 0.3 is 5.92 Å². The molecule has 7 rings (SSSR count). The van der Waals surface area contributed by atoms with E-state index in [2.05, 4.69) is 47.5 Å². The van der Waals surface area contributed by atoms with Crippen LogP contribution in [-0.4, -0.2) is 118 Å². The number of piperazine rings is 1. The van der Waals surface area contributed by atoms with Gasteiger partial charge in [-0.2, -0.15) is 10.2 Å². The second kappa shape index (κ2) is 13.5. The highest BCUT2D eigenvalue weighted by atomic mass is 32.2. The van der Waals surface area contributed by atoms with E-state index in [0.717, 1.165) is 67.4 Å². The van der Waals surface area contributed by atoms with Crippen LogP contribution in [0, 0.1) is 11.3 Å². The first kappa shape index (κ1) is 32.0. The van der Waals surface area contributed by atoms with Crippen LogP contribution in [0.2, 0.25) is 0 Å². The number of alkyl halides is 2. The molecular weight excluding hydrogens is 644 g/mol. The molecule has 4 saturated heterocycles. The number of hydrogen-bond donors (Lipinski definition) is 2. The lowest BCUT2D eigenvalue weighted by Crippen LogP contribution is -2.58. The van der Waals surface area contributed by atoms with Crippen LogP contribution in [0.3, 0.4) is 0 Å². The zero-order chi connectivity index (χ0) is 33.3. The fraction of sp³-hybridized carbons (Fsp3) is 0.438. The van der Waals surface area contributed by atoms with Crippen molar-refractivity contribution in [1.82, 2.24) is 30.1 Å². The number of anilines is 3. The van der Waals surface area contributed by atoms with E-state index in [-0.39, 0.29) is 41.1 Å². The first-order valence-electron chi connectivity index (χ1n) is 15.7. The lowest BCUT2D eigenvalue weighted by molar-refractivity contribution is -0.160. The number of likely N-dealkylation sites (tertiary alicyclic amines) is 1. The van der Waals surface area contributed by atoms with E-state index < -0.39 is 30.5 Å². The summed E-state index contributed by atoms with van der Waals surface area (Å²) in [6, 6.07) is 14.3. The molecule has 0 radical (unpaired) electrons. The van der Waals surface area contributed by atoms with E-state index >= 15 is 8.78 Å². The first-order chi connectivity index (χ1) is 23.3. The summed E-state index contributed by atoms with van der Waals surface area (Å²) in [4.78, 5) is 43.0. The van der Waals surface area contributed by atoms with Crippen LogP contribution in [-0.2, 0) is 9.53 Å². The molecule has 250 valence electrons. The van der Waals surface area contributed by atoms with Gasteiger partial charge in [0.05, 0.1) is 31.4 Å². The summed E-state index contributed by atoms with van der Waals surface area (Å²) in [6.07, 6.45) is -0.332. The molecule has 2 N–H and O–H groups in total. The molecular formula is C32H33F2N9O4S. The van der Waals surface area contributed by atoms with Gasteiger partial charge in [-0.3, -0.25) is 14.5 Å². The molecule has 4 aliphatic heterocycles. The fourth-order valence-electron chi connectivity index (χ4n) is 6.16. The number of benzene rings is 2. The highest BCUT2D eigenvalue weighted by molar-refractivity contribution is 8.14. The maximum absolute atomic E-state index is 15.2. The number of rotatable bonds is 8. The molecule has 0 saturated carbocycles. The molecule has 2 amide bonds. The molecule has 3 aromatic rings. The monoisotopic (exact) mass is 677 g/mol. The lowest BCUT2D eigenvalue weighted by Gasteiger charge is -2.43. The number of carbonyl (C=O) groups excluding carboxylic acids is 2. The van der Waals surface area contributed by atoms with Gasteiger partial charge < -0.3 is 29.9 Å². The number of piperidine rings is 1. The van der Waals surface area contributed by atoms with Gasteiger partial charge in [-0.15, -0.1) is 0 Å². The normalized spacial score (nSPS) is 22.8. The van der Waals surface area contributed by atoms with Gasteiger partial charge in [-0.25, -0.2) is 18.7 Å². The zero-order valence-corrected chi connectivity index (χ0v) is 26.7. The minimum Gasteiger partial charge on any atom is -0.483 e. The van der Waals surface area contributed by atoms with Gasteiger partial charge in [0.25, 0.3) is 5.24 Å². The number of carbonyl (C=O) groups is 2. The molecule has 2 atom stereocenters. The second-order valence-electron chi connectivity index (χ2n) is 12.1. The third kappa shape index (κ3) is 6.84. The summed E-state index contributed by atoms with van der Waals surface area (Å²) < 4.78 is 41.3. The fourth-order valence-corrected chi connectivity index (χ4v) is 6.93. The van der Waals surface area contributed by atoms with Crippen molar-refractivity contribution < 1.29 is 27.8 Å². The third-order valence-electron chi connectivity index (χ3n) is 8.96. The Balaban J connectivity index is 0.972. The number of ether oxygens (including phenoxy) is 2. The van der Waals surface area contributed by atoms with E-state index in [1.54, 1.807) is 6.07 Å². The smallest absolute Gasteiger partial charge is 0.301 e. The van der Waals surface area contributed by atoms with E-state index in [9.17, 15) is 14.9 Å². The van der Waals surface area contributed by atoms with Crippen molar-refractivity contribution in [2.45, 2.75) is 30.5 Å². The average molecular weight is 678 g/mol. The summed E-state index contributed by atoms with van der Waals surface area (Å²) in [5.74, 6) is -3.12. The van der Waals surface area contributed by atoms with E-state index in [0.29, 0.717) is 17.6 Å². The number of thioether (sulfide) groups is 1. The van der Waals surface area contributed by atoms with Gasteiger partial charge in [0.2, 0.25) is 11.9 Å². The van der Waals surface area contributed by atoms with Crippen molar-refractivity contribution >= 4 is 40.2 Å². The van der Waals surface area contributed by atoms with Crippen molar-refractivity contribution in [2.75, 3.05) is 68.5 Å². The quantitative estimate of drug-likeness (QED) is 0.361. The Bertz CT molecular complexity index is 1710. The number of nitrogens with zero attached hydrogens (tertiary/aromatic N) is 7. The predicted octanol–water partition coefficient (Wildman–Crippen LogP) is 3.11. The zero-order valence-electron chi connectivity index (χ0n) is 25.8. The van der Waals surface area contributed by atoms with Crippen LogP contribution in [0.25, 0.3) is 11.4 Å². The molecule has 13 nitrogen and oxygen atoms in total. The van der Waals surface area contributed by atoms with Gasteiger partial charge in [0.15, 0.2) is 11.9 Å². The number of aromatic nitrogens is 3. The van der Waals surface area contributed by atoms with Crippen molar-refractivity contribution in [1.29, 1.82) is 5.26 Å².